The average molecular weight is 272 g/mol. The quantitative estimate of drug-likeness (QED) is 0.890. The minimum absolute atomic E-state index is 0.544. The molecule has 0 aromatic heterocycles. The fourth-order valence-electron chi connectivity index (χ4n) is 3.03. The molecule has 1 aliphatic carbocycles. The summed E-state index contributed by atoms with van der Waals surface area (Å²) in [4.78, 5) is 0. The van der Waals surface area contributed by atoms with E-state index in [1.165, 1.54) is 32.1 Å². The first-order valence-electron chi connectivity index (χ1n) is 7.55. The molecule has 1 aromatic carbocycles. The maximum atomic E-state index is 9.10. The van der Waals surface area contributed by atoms with Crippen LogP contribution in [0.25, 0.3) is 0 Å². The van der Waals surface area contributed by atoms with E-state index < -0.39 is 0 Å². The number of benzene rings is 1. The molecule has 0 amide bonds. The van der Waals surface area contributed by atoms with Crippen LogP contribution in [0, 0.1) is 17.2 Å². The van der Waals surface area contributed by atoms with Crippen molar-refractivity contribution < 1.29 is 4.74 Å². The van der Waals surface area contributed by atoms with Gasteiger partial charge in [-0.15, -0.1) is 0 Å². The number of nitriles is 1. The van der Waals surface area contributed by atoms with Gasteiger partial charge in [0.1, 0.15) is 11.8 Å². The van der Waals surface area contributed by atoms with E-state index in [0.29, 0.717) is 17.4 Å². The molecular weight excluding hydrogens is 248 g/mol. The van der Waals surface area contributed by atoms with E-state index >= 15 is 0 Å². The summed E-state index contributed by atoms with van der Waals surface area (Å²) in [5.41, 5.74) is 1.75. The van der Waals surface area contributed by atoms with Crippen LogP contribution >= 0.6 is 0 Å². The van der Waals surface area contributed by atoms with Crippen LogP contribution in [0.1, 0.15) is 50.2 Å². The SMILES string of the molecule is COc1ccc(CN[C@H](C)C2CCCCC2)cc1C#N. The van der Waals surface area contributed by atoms with E-state index in [-0.39, 0.29) is 0 Å². The monoisotopic (exact) mass is 272 g/mol. The first-order valence-corrected chi connectivity index (χ1v) is 7.55. The molecular formula is C17H24N2O. The predicted octanol–water partition coefficient (Wildman–Crippen LogP) is 3.63. The van der Waals surface area contributed by atoms with E-state index in [2.05, 4.69) is 18.3 Å². The molecule has 1 saturated carbocycles. The zero-order chi connectivity index (χ0) is 14.4. The van der Waals surface area contributed by atoms with Crippen molar-refractivity contribution in [3.05, 3.63) is 29.3 Å². The van der Waals surface area contributed by atoms with Crippen LogP contribution in [0.2, 0.25) is 0 Å². The standard InChI is InChI=1S/C17H24N2O/c1-13(15-6-4-3-5-7-15)19-12-14-8-9-17(20-2)16(10-14)11-18/h8-10,13,15,19H,3-7,12H2,1-2H3/t13-/m1/s1. The highest BCUT2D eigenvalue weighted by atomic mass is 16.5. The van der Waals surface area contributed by atoms with E-state index in [1.54, 1.807) is 7.11 Å². The summed E-state index contributed by atoms with van der Waals surface area (Å²) < 4.78 is 5.17. The van der Waals surface area contributed by atoms with Gasteiger partial charge in [-0.2, -0.15) is 5.26 Å². The van der Waals surface area contributed by atoms with Crippen LogP contribution in [0.3, 0.4) is 0 Å². The molecule has 1 aromatic rings. The zero-order valence-electron chi connectivity index (χ0n) is 12.5. The topological polar surface area (TPSA) is 45.0 Å². The second-order valence-corrected chi connectivity index (χ2v) is 5.71. The molecule has 0 spiro atoms. The van der Waals surface area contributed by atoms with Gasteiger partial charge in [-0.05, 0) is 43.4 Å². The fourth-order valence-corrected chi connectivity index (χ4v) is 3.03. The summed E-state index contributed by atoms with van der Waals surface area (Å²) in [6.07, 6.45) is 6.84. The second kappa shape index (κ2) is 7.31. The highest BCUT2D eigenvalue weighted by molar-refractivity contribution is 5.45. The molecule has 1 N–H and O–H groups in total. The maximum Gasteiger partial charge on any atom is 0.136 e. The Kier molecular flexibility index (Phi) is 5.43. The summed E-state index contributed by atoms with van der Waals surface area (Å²) in [6.45, 7) is 3.10. The first kappa shape index (κ1) is 14.9. The summed E-state index contributed by atoms with van der Waals surface area (Å²) >= 11 is 0. The van der Waals surface area contributed by atoms with Gasteiger partial charge in [-0.25, -0.2) is 0 Å². The van der Waals surface area contributed by atoms with Crippen molar-refractivity contribution in [2.75, 3.05) is 7.11 Å². The van der Waals surface area contributed by atoms with Crippen LogP contribution in [0.5, 0.6) is 5.75 Å². The van der Waals surface area contributed by atoms with Gasteiger partial charge in [-0.3, -0.25) is 0 Å². The lowest BCUT2D eigenvalue weighted by atomic mass is 9.84. The Morgan fingerprint density at radius 1 is 1.35 bits per heavy atom. The number of ether oxygens (including phenoxy) is 1. The van der Waals surface area contributed by atoms with Crippen molar-refractivity contribution in [1.29, 1.82) is 5.26 Å². The smallest absolute Gasteiger partial charge is 0.136 e. The lowest BCUT2D eigenvalue weighted by Gasteiger charge is -2.28. The van der Waals surface area contributed by atoms with Gasteiger partial charge in [0.25, 0.3) is 0 Å². The predicted molar refractivity (Wildman–Crippen MR) is 80.6 cm³/mol. The summed E-state index contributed by atoms with van der Waals surface area (Å²) in [6, 6.07) is 8.55. The molecule has 3 nitrogen and oxygen atoms in total. The third-order valence-electron chi connectivity index (χ3n) is 4.37. The number of nitrogens with zero attached hydrogens (tertiary/aromatic N) is 1. The molecule has 20 heavy (non-hydrogen) atoms. The van der Waals surface area contributed by atoms with Crippen molar-refractivity contribution in [2.24, 2.45) is 5.92 Å². The maximum absolute atomic E-state index is 9.10. The molecule has 2 rings (SSSR count). The lowest BCUT2D eigenvalue weighted by Crippen LogP contribution is -2.34. The highest BCUT2D eigenvalue weighted by Crippen LogP contribution is 2.26. The van der Waals surface area contributed by atoms with Crippen molar-refractivity contribution in [3.63, 3.8) is 0 Å². The molecule has 0 heterocycles. The normalized spacial score (nSPS) is 17.4. The van der Waals surface area contributed by atoms with Crippen molar-refractivity contribution in [3.8, 4) is 11.8 Å². The summed E-state index contributed by atoms with van der Waals surface area (Å²) in [7, 11) is 1.60. The molecule has 3 heteroatoms. The van der Waals surface area contributed by atoms with Gasteiger partial charge in [-0.1, -0.05) is 25.3 Å². The van der Waals surface area contributed by atoms with Crippen molar-refractivity contribution >= 4 is 0 Å². The van der Waals surface area contributed by atoms with E-state index in [1.807, 2.05) is 18.2 Å². The van der Waals surface area contributed by atoms with Crippen LogP contribution in [0.4, 0.5) is 0 Å². The van der Waals surface area contributed by atoms with Crippen LogP contribution in [-0.4, -0.2) is 13.2 Å². The van der Waals surface area contributed by atoms with Crippen LogP contribution < -0.4 is 10.1 Å². The largest absolute Gasteiger partial charge is 0.495 e. The van der Waals surface area contributed by atoms with Gasteiger partial charge in [0.2, 0.25) is 0 Å². The summed E-state index contributed by atoms with van der Waals surface area (Å²) in [5, 5.41) is 12.7. The third-order valence-corrected chi connectivity index (χ3v) is 4.37. The molecule has 0 unspecified atom stereocenters. The Hall–Kier alpha value is -1.53. The van der Waals surface area contributed by atoms with E-state index in [4.69, 9.17) is 10.00 Å². The Bertz CT molecular complexity index is 472. The van der Waals surface area contributed by atoms with Crippen molar-refractivity contribution in [2.45, 2.75) is 51.6 Å². The fraction of sp³-hybridized carbons (Fsp3) is 0.588. The third kappa shape index (κ3) is 3.74. The van der Waals surface area contributed by atoms with Gasteiger partial charge < -0.3 is 10.1 Å². The Morgan fingerprint density at radius 3 is 2.75 bits per heavy atom. The Labute approximate surface area is 121 Å². The molecule has 1 fully saturated rings. The number of hydrogen-bond acceptors (Lipinski definition) is 3. The first-order chi connectivity index (χ1) is 9.74. The average Bonchev–Trinajstić information content (AvgIpc) is 2.53. The van der Waals surface area contributed by atoms with Crippen LogP contribution in [-0.2, 0) is 6.54 Å². The minimum atomic E-state index is 0.544. The molecule has 0 radical (unpaired) electrons. The number of methoxy groups -OCH3 is 1. The van der Waals surface area contributed by atoms with Gasteiger partial charge >= 0.3 is 0 Å². The van der Waals surface area contributed by atoms with Gasteiger partial charge in [0, 0.05) is 12.6 Å². The molecule has 0 saturated heterocycles. The van der Waals surface area contributed by atoms with Gasteiger partial charge in [0.15, 0.2) is 0 Å². The Morgan fingerprint density at radius 2 is 2.10 bits per heavy atom. The number of hydrogen-bond donors (Lipinski definition) is 1. The van der Waals surface area contributed by atoms with Crippen molar-refractivity contribution in [1.82, 2.24) is 5.32 Å². The molecule has 0 bridgehead atoms. The zero-order valence-corrected chi connectivity index (χ0v) is 12.5. The molecule has 108 valence electrons. The molecule has 0 aliphatic heterocycles. The second-order valence-electron chi connectivity index (χ2n) is 5.71. The lowest BCUT2D eigenvalue weighted by molar-refractivity contribution is 0.280. The molecule has 1 atom stereocenters. The Balaban J connectivity index is 1.91. The number of rotatable bonds is 5. The van der Waals surface area contributed by atoms with E-state index in [0.717, 1.165) is 18.0 Å². The minimum Gasteiger partial charge on any atom is -0.495 e. The van der Waals surface area contributed by atoms with E-state index in [9.17, 15) is 0 Å². The highest BCUT2D eigenvalue weighted by Gasteiger charge is 2.19. The molecule has 1 aliphatic rings. The summed E-state index contributed by atoms with van der Waals surface area (Å²) in [5.74, 6) is 1.45. The van der Waals surface area contributed by atoms with Gasteiger partial charge in [0.05, 0.1) is 12.7 Å². The van der Waals surface area contributed by atoms with Crippen LogP contribution in [0.15, 0.2) is 18.2 Å². The number of nitrogens with one attached hydrogen (secondary N) is 1.